The number of anilines is 1. The molecule has 4 aromatic carbocycles. The van der Waals surface area contributed by atoms with Gasteiger partial charge in [-0.3, -0.25) is 4.79 Å². The summed E-state index contributed by atoms with van der Waals surface area (Å²) in [6, 6.07) is 42.9. The smallest absolute Gasteiger partial charge is 0.407 e. The van der Waals surface area contributed by atoms with Crippen LogP contribution < -0.4 is 25.8 Å². The topological polar surface area (TPSA) is 151 Å². The summed E-state index contributed by atoms with van der Waals surface area (Å²) in [5.41, 5.74) is 7.35. The number of aromatic nitrogens is 1. The lowest BCUT2D eigenvalue weighted by molar-refractivity contribution is -0.152. The molecule has 1 heterocycles. The van der Waals surface area contributed by atoms with E-state index in [1.807, 2.05) is 99.8 Å². The van der Waals surface area contributed by atoms with Crippen molar-refractivity contribution < 1.29 is 33.3 Å². The van der Waals surface area contributed by atoms with Crippen LogP contribution in [0.2, 0.25) is 0 Å². The molecule has 1 unspecified atom stereocenters. The molecule has 0 spiro atoms. The van der Waals surface area contributed by atoms with E-state index in [4.69, 9.17) is 24.7 Å². The number of methoxy groups -OCH3 is 1. The van der Waals surface area contributed by atoms with E-state index < -0.39 is 46.4 Å². The second-order valence-electron chi connectivity index (χ2n) is 14.6. The quantitative estimate of drug-likeness (QED) is 0.0392. The third-order valence-corrected chi connectivity index (χ3v) is 11.5. The van der Waals surface area contributed by atoms with E-state index in [1.54, 1.807) is 36.0 Å². The van der Waals surface area contributed by atoms with E-state index >= 15 is 0 Å². The zero-order valence-corrected chi connectivity index (χ0v) is 35.6. The van der Waals surface area contributed by atoms with Crippen LogP contribution in [0.3, 0.4) is 0 Å². The van der Waals surface area contributed by atoms with Crippen LogP contribution in [-0.2, 0) is 23.8 Å². The normalized spacial score (nSPS) is 13.0. The Labute approximate surface area is 355 Å². The fourth-order valence-corrected chi connectivity index (χ4v) is 8.34. The standard InChI is InChI=1S/C46H52N4O7S2/c1-44(2,3)57-43(53)49-36(32-59-46(33-18-10-6-11-19-33,34-20-12-7-13-21-34)35-22-14-8-15-23-35)30-48-38-26-27-40(56-37-24-16-9-17-25-37)50-41(38)55-31-39(51)45(47,28-29-58-5)42(52)54-4/h6-27,36,48H,28-32,47H2,1-5H3,(H,49,53)/t36?,45-/m1/s1. The summed E-state index contributed by atoms with van der Waals surface area (Å²) in [6.07, 6.45) is 1.34. The molecule has 5 aromatic rings. The molecule has 5 rings (SSSR count). The number of carbonyl (C=O) groups excluding carboxylic acids is 3. The van der Waals surface area contributed by atoms with Crippen LogP contribution in [0.5, 0.6) is 17.5 Å². The maximum absolute atomic E-state index is 13.6. The predicted molar refractivity (Wildman–Crippen MR) is 237 cm³/mol. The van der Waals surface area contributed by atoms with Gasteiger partial charge in [-0.05, 0) is 74.1 Å². The number of alkyl carbamates (subject to hydrolysis) is 1. The molecule has 11 nitrogen and oxygen atoms in total. The van der Waals surface area contributed by atoms with E-state index in [-0.39, 0.29) is 24.7 Å². The number of thioether (sulfide) groups is 2. The average molecular weight is 837 g/mol. The molecule has 2 atom stereocenters. The van der Waals surface area contributed by atoms with Crippen molar-refractivity contribution in [3.63, 3.8) is 0 Å². The van der Waals surface area contributed by atoms with Crippen molar-refractivity contribution in [3.05, 3.63) is 150 Å². The highest BCUT2D eigenvalue weighted by Gasteiger charge is 2.43. The molecule has 4 N–H and O–H groups in total. The Balaban J connectivity index is 1.48. The van der Waals surface area contributed by atoms with Gasteiger partial charge in [0.05, 0.1) is 23.6 Å². The Hall–Kier alpha value is -5.50. The molecule has 13 heteroatoms. The summed E-state index contributed by atoms with van der Waals surface area (Å²) in [7, 11) is 1.19. The molecule has 1 amide bonds. The number of para-hydroxylation sites is 1. The summed E-state index contributed by atoms with van der Waals surface area (Å²) in [4.78, 5) is 44.3. The fraction of sp³-hybridized carbons (Fsp3) is 0.304. The number of esters is 1. The zero-order chi connectivity index (χ0) is 42.3. The van der Waals surface area contributed by atoms with Gasteiger partial charge in [0.1, 0.15) is 11.4 Å². The number of rotatable bonds is 20. The van der Waals surface area contributed by atoms with Gasteiger partial charge >= 0.3 is 12.1 Å². The lowest BCUT2D eigenvalue weighted by atomic mass is 9.84. The number of benzene rings is 4. The minimum atomic E-state index is -1.91. The van der Waals surface area contributed by atoms with E-state index in [9.17, 15) is 14.4 Å². The number of ketones is 1. The summed E-state index contributed by atoms with van der Waals surface area (Å²) in [5, 5.41) is 6.48. The van der Waals surface area contributed by atoms with Crippen molar-refractivity contribution in [1.29, 1.82) is 0 Å². The number of ether oxygens (including phenoxy) is 4. The van der Waals surface area contributed by atoms with E-state index in [2.05, 4.69) is 52.0 Å². The first-order chi connectivity index (χ1) is 28.4. The molecule has 0 saturated carbocycles. The van der Waals surface area contributed by atoms with Crippen molar-refractivity contribution in [2.45, 2.75) is 49.1 Å². The molecule has 0 fully saturated rings. The Morgan fingerprint density at radius 1 is 0.780 bits per heavy atom. The third kappa shape index (κ3) is 12.0. The second kappa shape index (κ2) is 21.0. The van der Waals surface area contributed by atoms with Crippen LogP contribution in [-0.4, -0.2) is 78.0 Å². The Morgan fingerprint density at radius 3 is 1.83 bits per heavy atom. The lowest BCUT2D eigenvalue weighted by Gasteiger charge is -2.37. The number of nitrogens with zero attached hydrogens (tertiary/aromatic N) is 1. The minimum absolute atomic E-state index is 0.0275. The SMILES string of the molecule is COC(=O)[C@@](N)(CCSC)C(=O)COc1nc(Oc2ccccc2)ccc1NCC(CSC(c1ccccc1)(c1ccccc1)c1ccccc1)NC(=O)OC(C)(C)C. The molecule has 0 radical (unpaired) electrons. The van der Waals surface area contributed by atoms with Crippen LogP contribution in [0, 0.1) is 0 Å². The van der Waals surface area contributed by atoms with Gasteiger partial charge in [-0.1, -0.05) is 109 Å². The molecule has 0 aliphatic rings. The van der Waals surface area contributed by atoms with Crippen LogP contribution in [0.15, 0.2) is 133 Å². The molecular weight excluding hydrogens is 785 g/mol. The zero-order valence-electron chi connectivity index (χ0n) is 34.0. The highest BCUT2D eigenvalue weighted by atomic mass is 32.2. The number of pyridine rings is 1. The molecule has 0 bridgehead atoms. The Bertz CT molecular complexity index is 2010. The Kier molecular flexibility index (Phi) is 15.8. The number of Topliss-reactive ketones (excluding diaryl/α,β-unsaturated/α-hetero) is 1. The van der Waals surface area contributed by atoms with Gasteiger partial charge in [-0.15, -0.1) is 11.8 Å². The van der Waals surface area contributed by atoms with Gasteiger partial charge in [0.15, 0.2) is 12.1 Å². The summed E-state index contributed by atoms with van der Waals surface area (Å²) < 4.78 is 22.0. The van der Waals surface area contributed by atoms with E-state index in [0.717, 1.165) is 16.7 Å². The molecule has 1 aromatic heterocycles. The highest BCUT2D eigenvalue weighted by Crippen LogP contribution is 2.48. The minimum Gasteiger partial charge on any atom is -0.468 e. The van der Waals surface area contributed by atoms with Gasteiger partial charge in [-0.25, -0.2) is 9.59 Å². The summed E-state index contributed by atoms with van der Waals surface area (Å²) in [6.45, 7) is 5.06. The number of hydrogen-bond acceptors (Lipinski definition) is 12. The fourth-order valence-electron chi connectivity index (χ4n) is 6.25. The maximum atomic E-state index is 13.6. The molecule has 310 valence electrons. The van der Waals surface area contributed by atoms with Crippen molar-refractivity contribution in [2.75, 3.05) is 43.3 Å². The average Bonchev–Trinajstić information content (AvgIpc) is 3.24. The third-order valence-electron chi connectivity index (χ3n) is 9.19. The van der Waals surface area contributed by atoms with Crippen LogP contribution in [0.25, 0.3) is 0 Å². The van der Waals surface area contributed by atoms with Crippen molar-refractivity contribution in [3.8, 4) is 17.5 Å². The van der Waals surface area contributed by atoms with Gasteiger partial charge < -0.3 is 35.3 Å². The first-order valence-corrected chi connectivity index (χ1v) is 21.6. The predicted octanol–water partition coefficient (Wildman–Crippen LogP) is 8.48. The largest absolute Gasteiger partial charge is 0.468 e. The number of nitrogens with one attached hydrogen (secondary N) is 2. The maximum Gasteiger partial charge on any atom is 0.407 e. The first kappa shape index (κ1) is 44.6. The van der Waals surface area contributed by atoms with Gasteiger partial charge in [0.25, 0.3) is 0 Å². The van der Waals surface area contributed by atoms with Crippen LogP contribution in [0.4, 0.5) is 10.5 Å². The van der Waals surface area contributed by atoms with Gasteiger partial charge in [-0.2, -0.15) is 16.7 Å². The number of nitrogens with two attached hydrogens (primary N) is 1. The monoisotopic (exact) mass is 836 g/mol. The molecule has 0 aliphatic heterocycles. The summed E-state index contributed by atoms with van der Waals surface area (Å²) >= 11 is 3.14. The van der Waals surface area contributed by atoms with Gasteiger partial charge in [0.2, 0.25) is 17.5 Å². The number of carbonyl (C=O) groups is 3. The number of amides is 1. The van der Waals surface area contributed by atoms with Crippen LogP contribution >= 0.6 is 23.5 Å². The van der Waals surface area contributed by atoms with Gasteiger partial charge in [0, 0.05) is 18.4 Å². The van der Waals surface area contributed by atoms with E-state index in [1.165, 1.54) is 18.9 Å². The van der Waals surface area contributed by atoms with Crippen molar-refractivity contribution in [1.82, 2.24) is 10.3 Å². The van der Waals surface area contributed by atoms with Crippen LogP contribution in [0.1, 0.15) is 43.9 Å². The lowest BCUT2D eigenvalue weighted by Crippen LogP contribution is -2.57. The second-order valence-corrected chi connectivity index (χ2v) is 16.9. The number of hydrogen-bond donors (Lipinski definition) is 3. The molecular formula is C46H52N4O7S2. The van der Waals surface area contributed by atoms with Crippen molar-refractivity contribution in [2.24, 2.45) is 5.73 Å². The molecule has 0 aliphatic carbocycles. The van der Waals surface area contributed by atoms with E-state index in [0.29, 0.717) is 22.9 Å². The molecule has 59 heavy (non-hydrogen) atoms. The first-order valence-electron chi connectivity index (χ1n) is 19.2. The Morgan fingerprint density at radius 2 is 1.32 bits per heavy atom. The highest BCUT2D eigenvalue weighted by molar-refractivity contribution is 8.00. The summed E-state index contributed by atoms with van der Waals surface area (Å²) in [5.74, 6) is 0.137. The van der Waals surface area contributed by atoms with Crippen molar-refractivity contribution >= 4 is 47.1 Å². The molecule has 0 saturated heterocycles.